The lowest BCUT2D eigenvalue weighted by molar-refractivity contribution is 0.0462. The molecule has 1 saturated carbocycles. The Balaban J connectivity index is 1.79. The summed E-state index contributed by atoms with van der Waals surface area (Å²) < 4.78 is 5.31. The molecule has 1 aliphatic heterocycles. The van der Waals surface area contributed by atoms with Crippen LogP contribution in [0.2, 0.25) is 0 Å². The minimum atomic E-state index is -0.407. The molecule has 1 amide bonds. The van der Waals surface area contributed by atoms with Crippen LogP contribution >= 0.6 is 0 Å². The van der Waals surface area contributed by atoms with Crippen LogP contribution in [0.4, 0.5) is 4.79 Å². The van der Waals surface area contributed by atoms with Gasteiger partial charge in [0.05, 0.1) is 0 Å². The van der Waals surface area contributed by atoms with Crippen molar-refractivity contribution in [1.29, 1.82) is 0 Å². The van der Waals surface area contributed by atoms with Gasteiger partial charge in [0, 0.05) is 6.04 Å². The van der Waals surface area contributed by atoms with E-state index in [0.29, 0.717) is 6.04 Å². The second-order valence-electron chi connectivity index (χ2n) is 6.67. The maximum Gasteiger partial charge on any atom is 0.407 e. The SMILES string of the molecule is CC(C)(C)OC(=O)N[C@@H]1CC[C@@H]2CNCC[C@@H]2C1. The van der Waals surface area contributed by atoms with Crippen molar-refractivity contribution in [2.45, 2.75) is 58.1 Å². The number of fused-ring (bicyclic) bond motifs is 1. The average Bonchev–Trinajstić information content (AvgIpc) is 2.26. The molecule has 2 N–H and O–H groups in total. The van der Waals surface area contributed by atoms with Gasteiger partial charge in [0.1, 0.15) is 5.60 Å². The Bertz CT molecular complexity index is 299. The molecule has 1 heterocycles. The highest BCUT2D eigenvalue weighted by Crippen LogP contribution is 2.33. The molecule has 3 atom stereocenters. The van der Waals surface area contributed by atoms with Gasteiger partial charge >= 0.3 is 6.09 Å². The van der Waals surface area contributed by atoms with E-state index >= 15 is 0 Å². The topological polar surface area (TPSA) is 50.4 Å². The molecule has 104 valence electrons. The molecule has 0 spiro atoms. The summed E-state index contributed by atoms with van der Waals surface area (Å²) in [6.07, 6.45) is 4.41. The van der Waals surface area contributed by atoms with Crippen LogP contribution in [0.25, 0.3) is 0 Å². The van der Waals surface area contributed by atoms with Crippen molar-refractivity contribution >= 4 is 6.09 Å². The highest BCUT2D eigenvalue weighted by molar-refractivity contribution is 5.68. The maximum absolute atomic E-state index is 11.7. The monoisotopic (exact) mass is 254 g/mol. The molecule has 2 fully saturated rings. The summed E-state index contributed by atoms with van der Waals surface area (Å²) in [5.74, 6) is 1.59. The van der Waals surface area contributed by atoms with E-state index in [1.54, 1.807) is 0 Å². The predicted octanol–water partition coefficient (Wildman–Crippen LogP) is 2.29. The number of hydrogen-bond acceptors (Lipinski definition) is 3. The fraction of sp³-hybridized carbons (Fsp3) is 0.929. The zero-order valence-corrected chi connectivity index (χ0v) is 11.8. The number of nitrogens with one attached hydrogen (secondary N) is 2. The molecule has 0 aromatic rings. The first-order valence-electron chi connectivity index (χ1n) is 7.14. The molecule has 4 nitrogen and oxygen atoms in total. The number of amides is 1. The quantitative estimate of drug-likeness (QED) is 0.755. The van der Waals surface area contributed by atoms with Crippen LogP contribution in [0.1, 0.15) is 46.5 Å². The first kappa shape index (κ1) is 13.7. The van der Waals surface area contributed by atoms with Crippen molar-refractivity contribution in [3.8, 4) is 0 Å². The van der Waals surface area contributed by atoms with E-state index in [2.05, 4.69) is 10.6 Å². The molecule has 0 aromatic heterocycles. The molecule has 2 rings (SSSR count). The van der Waals surface area contributed by atoms with Gasteiger partial charge in [-0.2, -0.15) is 0 Å². The predicted molar refractivity (Wildman–Crippen MR) is 71.5 cm³/mol. The van der Waals surface area contributed by atoms with Crippen LogP contribution in [0, 0.1) is 11.8 Å². The van der Waals surface area contributed by atoms with E-state index < -0.39 is 5.60 Å². The van der Waals surface area contributed by atoms with Crippen LogP contribution in [0.5, 0.6) is 0 Å². The Hall–Kier alpha value is -0.770. The van der Waals surface area contributed by atoms with Crippen LogP contribution in [-0.4, -0.2) is 30.8 Å². The molecule has 2 aliphatic rings. The van der Waals surface area contributed by atoms with Gasteiger partial charge in [-0.15, -0.1) is 0 Å². The lowest BCUT2D eigenvalue weighted by Crippen LogP contribution is -2.47. The van der Waals surface area contributed by atoms with Crippen LogP contribution < -0.4 is 10.6 Å². The summed E-state index contributed by atoms with van der Waals surface area (Å²) in [4.78, 5) is 11.7. The normalized spacial score (nSPS) is 32.5. The van der Waals surface area contributed by atoms with Gasteiger partial charge in [-0.1, -0.05) is 0 Å². The Morgan fingerprint density at radius 3 is 2.72 bits per heavy atom. The number of ether oxygens (including phenoxy) is 1. The van der Waals surface area contributed by atoms with Crippen LogP contribution in [0.3, 0.4) is 0 Å². The number of alkyl carbamates (subject to hydrolysis) is 1. The lowest BCUT2D eigenvalue weighted by atomic mass is 9.74. The summed E-state index contributed by atoms with van der Waals surface area (Å²) in [6.45, 7) is 7.98. The third kappa shape index (κ3) is 3.87. The van der Waals surface area contributed by atoms with Gasteiger partial charge < -0.3 is 15.4 Å². The molecule has 1 saturated heterocycles. The lowest BCUT2D eigenvalue weighted by Gasteiger charge is -2.39. The number of hydrogen-bond donors (Lipinski definition) is 2. The smallest absolute Gasteiger partial charge is 0.407 e. The molecular weight excluding hydrogens is 228 g/mol. The third-order valence-corrected chi connectivity index (χ3v) is 3.96. The van der Waals surface area contributed by atoms with E-state index in [4.69, 9.17) is 4.74 Å². The maximum atomic E-state index is 11.7. The average molecular weight is 254 g/mol. The molecule has 0 aromatic carbocycles. The Morgan fingerprint density at radius 2 is 2.00 bits per heavy atom. The van der Waals surface area contributed by atoms with E-state index in [1.807, 2.05) is 20.8 Å². The zero-order chi connectivity index (χ0) is 13.2. The molecule has 0 radical (unpaired) electrons. The van der Waals surface area contributed by atoms with Gasteiger partial charge in [0.25, 0.3) is 0 Å². The van der Waals surface area contributed by atoms with Gasteiger partial charge in [-0.25, -0.2) is 4.79 Å². The first-order valence-corrected chi connectivity index (χ1v) is 7.14. The minimum Gasteiger partial charge on any atom is -0.444 e. The Kier molecular flexibility index (Phi) is 4.15. The van der Waals surface area contributed by atoms with Crippen LogP contribution in [-0.2, 0) is 4.74 Å². The number of carbonyl (C=O) groups is 1. The zero-order valence-electron chi connectivity index (χ0n) is 11.8. The number of piperidine rings is 1. The Morgan fingerprint density at radius 1 is 1.22 bits per heavy atom. The summed E-state index contributed by atoms with van der Waals surface area (Å²) >= 11 is 0. The highest BCUT2D eigenvalue weighted by Gasteiger charge is 2.33. The summed E-state index contributed by atoms with van der Waals surface area (Å²) in [5.41, 5.74) is -0.407. The number of carbonyl (C=O) groups excluding carboxylic acids is 1. The molecule has 0 unspecified atom stereocenters. The number of rotatable bonds is 1. The molecule has 18 heavy (non-hydrogen) atoms. The van der Waals surface area contributed by atoms with E-state index in [1.165, 1.54) is 12.8 Å². The molecular formula is C14H26N2O2. The molecule has 4 heteroatoms. The van der Waals surface area contributed by atoms with Crippen LogP contribution in [0.15, 0.2) is 0 Å². The minimum absolute atomic E-state index is 0.264. The second kappa shape index (κ2) is 5.47. The standard InChI is InChI=1S/C14H26N2O2/c1-14(2,3)18-13(17)16-12-5-4-11-9-15-7-6-10(11)8-12/h10-12,15H,4-9H2,1-3H3,(H,16,17)/t10-,11-,12-/m1/s1. The van der Waals surface area contributed by atoms with E-state index in [-0.39, 0.29) is 6.09 Å². The van der Waals surface area contributed by atoms with Crippen molar-refractivity contribution in [3.63, 3.8) is 0 Å². The fourth-order valence-corrected chi connectivity index (χ4v) is 3.13. The van der Waals surface area contributed by atoms with Crippen molar-refractivity contribution in [1.82, 2.24) is 10.6 Å². The van der Waals surface area contributed by atoms with Crippen molar-refractivity contribution in [3.05, 3.63) is 0 Å². The molecule has 0 bridgehead atoms. The fourth-order valence-electron chi connectivity index (χ4n) is 3.13. The first-order chi connectivity index (χ1) is 8.44. The van der Waals surface area contributed by atoms with E-state index in [9.17, 15) is 4.79 Å². The second-order valence-corrected chi connectivity index (χ2v) is 6.67. The van der Waals surface area contributed by atoms with Crippen molar-refractivity contribution < 1.29 is 9.53 Å². The summed E-state index contributed by atoms with van der Waals surface area (Å²) in [6, 6.07) is 0.305. The van der Waals surface area contributed by atoms with Gasteiger partial charge in [-0.3, -0.25) is 0 Å². The third-order valence-electron chi connectivity index (χ3n) is 3.96. The van der Waals surface area contributed by atoms with Gasteiger partial charge in [0.15, 0.2) is 0 Å². The van der Waals surface area contributed by atoms with E-state index in [0.717, 1.165) is 37.8 Å². The van der Waals surface area contributed by atoms with Gasteiger partial charge in [-0.05, 0) is 71.4 Å². The summed E-state index contributed by atoms with van der Waals surface area (Å²) in [7, 11) is 0. The van der Waals surface area contributed by atoms with Crippen molar-refractivity contribution in [2.75, 3.05) is 13.1 Å². The highest BCUT2D eigenvalue weighted by atomic mass is 16.6. The molecule has 1 aliphatic carbocycles. The van der Waals surface area contributed by atoms with Crippen molar-refractivity contribution in [2.24, 2.45) is 11.8 Å². The Labute approximate surface area is 110 Å². The largest absolute Gasteiger partial charge is 0.444 e. The summed E-state index contributed by atoms with van der Waals surface area (Å²) in [5, 5.41) is 6.49. The van der Waals surface area contributed by atoms with Gasteiger partial charge in [0.2, 0.25) is 0 Å².